The molecule has 0 bridgehead atoms. The molecule has 7 nitrogen and oxygen atoms in total. The first-order valence-corrected chi connectivity index (χ1v) is 8.59. The van der Waals surface area contributed by atoms with Crippen LogP contribution in [0, 0.1) is 11.3 Å². The lowest BCUT2D eigenvalue weighted by atomic mass is 9.75. The van der Waals surface area contributed by atoms with Crippen molar-refractivity contribution >= 4 is 11.8 Å². The van der Waals surface area contributed by atoms with Gasteiger partial charge in [-0.05, 0) is 24.2 Å². The summed E-state index contributed by atoms with van der Waals surface area (Å²) in [6, 6.07) is 1.53. The normalized spacial score (nSPS) is 22.8. The van der Waals surface area contributed by atoms with Gasteiger partial charge < -0.3 is 15.3 Å². The Morgan fingerprint density at radius 2 is 2.00 bits per heavy atom. The number of fused-ring (bicyclic) bond motifs is 1. The molecule has 1 aromatic heterocycles. The minimum absolute atomic E-state index is 0.134. The van der Waals surface area contributed by atoms with Crippen molar-refractivity contribution in [1.82, 2.24) is 20.0 Å². The molecular weight excluding hydrogens is 308 g/mol. The van der Waals surface area contributed by atoms with Gasteiger partial charge in [-0.3, -0.25) is 14.3 Å². The van der Waals surface area contributed by atoms with Crippen LogP contribution < -0.4 is 5.32 Å². The van der Waals surface area contributed by atoms with E-state index in [1.165, 1.54) is 10.7 Å². The van der Waals surface area contributed by atoms with E-state index in [2.05, 4.69) is 31.2 Å². The van der Waals surface area contributed by atoms with Crippen molar-refractivity contribution in [3.05, 3.63) is 17.5 Å². The van der Waals surface area contributed by atoms with Crippen molar-refractivity contribution < 1.29 is 14.7 Å². The SMILES string of the molecule is CC(C)(C)C1CCN(C(=O)c2cc3n(n2)C[C@H](O)CNC3=O)CC1. The van der Waals surface area contributed by atoms with E-state index in [0.29, 0.717) is 11.6 Å². The second kappa shape index (κ2) is 6.20. The van der Waals surface area contributed by atoms with Crippen LogP contribution in [0.1, 0.15) is 54.6 Å². The van der Waals surface area contributed by atoms with Gasteiger partial charge in [0.05, 0.1) is 12.6 Å². The number of rotatable bonds is 1. The molecule has 2 amide bonds. The Labute approximate surface area is 142 Å². The Hall–Kier alpha value is -1.89. The summed E-state index contributed by atoms with van der Waals surface area (Å²) >= 11 is 0. The van der Waals surface area contributed by atoms with E-state index in [9.17, 15) is 14.7 Å². The number of carbonyl (C=O) groups excluding carboxylic acids is 2. The van der Waals surface area contributed by atoms with Gasteiger partial charge in [-0.15, -0.1) is 0 Å². The molecule has 2 aliphatic heterocycles. The van der Waals surface area contributed by atoms with Crippen molar-refractivity contribution in [2.75, 3.05) is 19.6 Å². The monoisotopic (exact) mass is 334 g/mol. The Bertz CT molecular complexity index is 639. The first-order valence-electron chi connectivity index (χ1n) is 8.59. The van der Waals surface area contributed by atoms with E-state index in [0.717, 1.165) is 25.9 Å². The van der Waals surface area contributed by atoms with Gasteiger partial charge in [0.2, 0.25) is 0 Å². The number of carbonyl (C=O) groups is 2. The average Bonchev–Trinajstić information content (AvgIpc) is 2.89. The highest BCUT2D eigenvalue weighted by atomic mass is 16.3. The lowest BCUT2D eigenvalue weighted by Gasteiger charge is -2.38. The van der Waals surface area contributed by atoms with Crippen molar-refractivity contribution in [2.24, 2.45) is 11.3 Å². The first-order chi connectivity index (χ1) is 11.3. The number of β-amino-alcohol motifs (C(OH)–C–C–N with tert-alkyl or cyclic N) is 1. The van der Waals surface area contributed by atoms with Crippen molar-refractivity contribution in [1.29, 1.82) is 0 Å². The highest BCUT2D eigenvalue weighted by Crippen LogP contribution is 2.34. The second-order valence-electron chi connectivity index (χ2n) is 7.89. The topological polar surface area (TPSA) is 87.5 Å². The van der Waals surface area contributed by atoms with Crippen molar-refractivity contribution in [2.45, 2.75) is 46.3 Å². The molecule has 24 heavy (non-hydrogen) atoms. The molecule has 0 unspecified atom stereocenters. The molecule has 0 aliphatic carbocycles. The average molecular weight is 334 g/mol. The molecule has 2 N–H and O–H groups in total. The van der Waals surface area contributed by atoms with Crippen LogP contribution in [0.15, 0.2) is 6.07 Å². The number of aliphatic hydroxyl groups is 1. The molecular formula is C17H26N4O3. The maximum absolute atomic E-state index is 12.7. The second-order valence-corrected chi connectivity index (χ2v) is 7.89. The number of piperidine rings is 1. The predicted molar refractivity (Wildman–Crippen MR) is 88.6 cm³/mol. The lowest BCUT2D eigenvalue weighted by Crippen LogP contribution is -2.41. The minimum Gasteiger partial charge on any atom is -0.389 e. The van der Waals surface area contributed by atoms with E-state index in [1.54, 1.807) is 0 Å². The standard InChI is InChI=1S/C17H26N4O3/c1-17(2,3)11-4-6-20(7-5-11)16(24)13-8-14-15(23)18-9-12(22)10-21(14)19-13/h8,11-12,22H,4-7,9-10H2,1-3H3,(H,18,23)/t12-/m1/s1. The van der Waals surface area contributed by atoms with Gasteiger partial charge in [0.1, 0.15) is 5.69 Å². The number of hydrogen-bond acceptors (Lipinski definition) is 4. The summed E-state index contributed by atoms with van der Waals surface area (Å²) in [5, 5.41) is 16.7. The third kappa shape index (κ3) is 3.31. The molecule has 1 fully saturated rings. The number of likely N-dealkylation sites (tertiary alicyclic amines) is 1. The lowest BCUT2D eigenvalue weighted by molar-refractivity contribution is 0.0601. The number of hydrogen-bond donors (Lipinski definition) is 2. The molecule has 0 radical (unpaired) electrons. The van der Waals surface area contributed by atoms with Crippen LogP contribution in [-0.2, 0) is 6.54 Å². The van der Waals surface area contributed by atoms with Gasteiger partial charge in [-0.1, -0.05) is 20.8 Å². The zero-order chi connectivity index (χ0) is 17.5. The van der Waals surface area contributed by atoms with Crippen LogP contribution in [-0.4, -0.2) is 57.3 Å². The smallest absolute Gasteiger partial charge is 0.274 e. The van der Waals surface area contributed by atoms with Gasteiger partial charge in [-0.2, -0.15) is 5.10 Å². The van der Waals surface area contributed by atoms with E-state index in [4.69, 9.17) is 0 Å². The number of amides is 2. The Kier molecular flexibility index (Phi) is 4.38. The molecule has 7 heteroatoms. The van der Waals surface area contributed by atoms with Crippen LogP contribution in [0.25, 0.3) is 0 Å². The Balaban J connectivity index is 1.72. The molecule has 1 atom stereocenters. The fourth-order valence-electron chi connectivity index (χ4n) is 3.52. The fourth-order valence-corrected chi connectivity index (χ4v) is 3.52. The highest BCUT2D eigenvalue weighted by molar-refractivity contribution is 5.98. The summed E-state index contributed by atoms with van der Waals surface area (Å²) in [4.78, 5) is 26.5. The van der Waals surface area contributed by atoms with Crippen LogP contribution in [0.5, 0.6) is 0 Å². The number of nitrogens with one attached hydrogen (secondary N) is 1. The van der Waals surface area contributed by atoms with Crippen molar-refractivity contribution in [3.63, 3.8) is 0 Å². The summed E-state index contributed by atoms with van der Waals surface area (Å²) in [6.07, 6.45) is 1.28. The fraction of sp³-hybridized carbons (Fsp3) is 0.706. The maximum atomic E-state index is 12.7. The summed E-state index contributed by atoms with van der Waals surface area (Å²) < 4.78 is 1.43. The molecule has 3 rings (SSSR count). The molecule has 1 aromatic rings. The summed E-state index contributed by atoms with van der Waals surface area (Å²) in [5.74, 6) is 0.177. The van der Waals surface area contributed by atoms with E-state index in [1.807, 2.05) is 4.90 Å². The minimum atomic E-state index is -0.694. The van der Waals surface area contributed by atoms with Crippen LogP contribution in [0.2, 0.25) is 0 Å². The summed E-state index contributed by atoms with van der Waals surface area (Å²) in [5.41, 5.74) is 0.873. The maximum Gasteiger partial charge on any atom is 0.274 e. The third-order valence-electron chi connectivity index (χ3n) is 5.12. The van der Waals surface area contributed by atoms with Gasteiger partial charge in [0, 0.05) is 25.7 Å². The number of aromatic nitrogens is 2. The Morgan fingerprint density at radius 3 is 2.62 bits per heavy atom. The van der Waals surface area contributed by atoms with Gasteiger partial charge in [0.25, 0.3) is 11.8 Å². The van der Waals surface area contributed by atoms with Crippen LogP contribution >= 0.6 is 0 Å². The van der Waals surface area contributed by atoms with Crippen LogP contribution in [0.4, 0.5) is 0 Å². The Morgan fingerprint density at radius 1 is 1.33 bits per heavy atom. The van der Waals surface area contributed by atoms with Gasteiger partial charge in [-0.25, -0.2) is 0 Å². The molecule has 0 saturated carbocycles. The third-order valence-corrected chi connectivity index (χ3v) is 5.12. The molecule has 0 aromatic carbocycles. The molecule has 132 valence electrons. The van der Waals surface area contributed by atoms with Gasteiger partial charge in [0.15, 0.2) is 5.69 Å². The van der Waals surface area contributed by atoms with Crippen LogP contribution in [0.3, 0.4) is 0 Å². The van der Waals surface area contributed by atoms with Crippen molar-refractivity contribution in [3.8, 4) is 0 Å². The molecule has 1 saturated heterocycles. The summed E-state index contributed by atoms with van der Waals surface area (Å²) in [6.45, 7) is 8.58. The predicted octanol–water partition coefficient (Wildman–Crippen LogP) is 0.886. The summed E-state index contributed by atoms with van der Waals surface area (Å²) in [7, 11) is 0. The zero-order valence-electron chi connectivity index (χ0n) is 14.6. The molecule has 0 spiro atoms. The molecule has 2 aliphatic rings. The van der Waals surface area contributed by atoms with E-state index < -0.39 is 6.10 Å². The largest absolute Gasteiger partial charge is 0.389 e. The van der Waals surface area contributed by atoms with E-state index >= 15 is 0 Å². The number of aliphatic hydroxyl groups excluding tert-OH is 1. The highest BCUT2D eigenvalue weighted by Gasteiger charge is 2.32. The zero-order valence-corrected chi connectivity index (χ0v) is 14.6. The molecule has 3 heterocycles. The quantitative estimate of drug-likeness (QED) is 0.798. The number of nitrogens with zero attached hydrogens (tertiary/aromatic N) is 3. The first kappa shape index (κ1) is 17.0. The van der Waals surface area contributed by atoms with E-state index in [-0.39, 0.29) is 36.0 Å². The van der Waals surface area contributed by atoms with Gasteiger partial charge >= 0.3 is 0 Å².